The van der Waals surface area contributed by atoms with Gasteiger partial charge in [0.05, 0.1) is 18.6 Å². The lowest BCUT2D eigenvalue weighted by Crippen LogP contribution is -2.46. The Bertz CT molecular complexity index is 1600. The van der Waals surface area contributed by atoms with Crippen LogP contribution in [-0.4, -0.2) is 57.0 Å². The maximum atomic E-state index is 13.3. The van der Waals surface area contributed by atoms with Gasteiger partial charge in [0.25, 0.3) is 0 Å². The summed E-state index contributed by atoms with van der Waals surface area (Å²) in [5.41, 5.74) is 1.58. The highest BCUT2D eigenvalue weighted by molar-refractivity contribution is 6.14. The predicted octanol–water partition coefficient (Wildman–Crippen LogP) is 3.41. The number of aliphatic hydroxyl groups is 3. The Morgan fingerprint density at radius 2 is 1.70 bits per heavy atom. The van der Waals surface area contributed by atoms with Crippen LogP contribution in [-0.2, 0) is 20.9 Å². The molecule has 8 nitrogen and oxygen atoms in total. The second-order valence-corrected chi connectivity index (χ2v) is 9.23. The minimum absolute atomic E-state index is 0.0576. The van der Waals surface area contributed by atoms with E-state index in [1.165, 1.54) is 0 Å². The van der Waals surface area contributed by atoms with Gasteiger partial charge in [0.2, 0.25) is 5.79 Å². The molecular weight excluding hydrogens is 474 g/mol. The molecule has 4 N–H and O–H groups in total. The van der Waals surface area contributed by atoms with E-state index in [1.807, 2.05) is 72.8 Å². The maximum Gasteiger partial charge on any atom is 0.343 e. The zero-order chi connectivity index (χ0) is 25.6. The minimum atomic E-state index is -2.36. The lowest BCUT2D eigenvalue weighted by Gasteiger charge is -2.23. The van der Waals surface area contributed by atoms with Crippen LogP contribution in [0.3, 0.4) is 0 Å². The van der Waals surface area contributed by atoms with Gasteiger partial charge in [-0.05, 0) is 45.3 Å². The van der Waals surface area contributed by atoms with Gasteiger partial charge in [-0.15, -0.1) is 0 Å². The molecule has 0 radical (unpaired) electrons. The summed E-state index contributed by atoms with van der Waals surface area (Å²) in [6.07, 6.45) is -2.83. The summed E-state index contributed by atoms with van der Waals surface area (Å²) in [5.74, 6) is -2.95. The van der Waals surface area contributed by atoms with Crippen molar-refractivity contribution in [1.82, 2.24) is 4.98 Å². The van der Waals surface area contributed by atoms with Crippen LogP contribution in [0.4, 0.5) is 0 Å². The molecule has 188 valence electrons. The fourth-order valence-corrected chi connectivity index (χ4v) is 4.90. The highest BCUT2D eigenvalue weighted by Crippen LogP contribution is 2.37. The van der Waals surface area contributed by atoms with Gasteiger partial charge in [0.1, 0.15) is 12.2 Å². The Hall–Kier alpha value is -3.79. The molecule has 0 aliphatic carbocycles. The van der Waals surface area contributed by atoms with E-state index in [4.69, 9.17) is 14.2 Å². The standard InChI is InChI=1S/C29H25NO7/c31-16-29(34)27(32)25(35-15-17-6-2-1-3-7-17)26(37-29)28(33)36-23-14-30-22-11-10-20-12-18-8-4-5-9-19(18)13-21(20)24(22)23/h1-14,25-27,30-32,34H,15-16H2/t25-,26+,27+,29-/m0/s1. The van der Waals surface area contributed by atoms with Crippen LogP contribution in [0, 0.1) is 0 Å². The van der Waals surface area contributed by atoms with Gasteiger partial charge < -0.3 is 34.5 Å². The molecule has 2 heterocycles. The third kappa shape index (κ3) is 4.15. The lowest BCUT2D eigenvalue weighted by molar-refractivity contribution is -0.246. The molecule has 4 aromatic carbocycles. The van der Waals surface area contributed by atoms with Crippen molar-refractivity contribution in [2.75, 3.05) is 6.61 Å². The molecule has 6 rings (SSSR count). The molecular formula is C29H25NO7. The van der Waals surface area contributed by atoms with E-state index in [2.05, 4.69) is 11.1 Å². The molecule has 0 spiro atoms. The van der Waals surface area contributed by atoms with Crippen molar-refractivity contribution >= 4 is 38.4 Å². The summed E-state index contributed by atoms with van der Waals surface area (Å²) in [5, 5.41) is 35.6. The van der Waals surface area contributed by atoms with Crippen LogP contribution in [0.15, 0.2) is 85.1 Å². The Balaban J connectivity index is 1.33. The van der Waals surface area contributed by atoms with Crippen LogP contribution < -0.4 is 4.74 Å². The summed E-state index contributed by atoms with van der Waals surface area (Å²) in [4.78, 5) is 16.5. The first-order valence-electron chi connectivity index (χ1n) is 12.0. The number of aromatic amines is 1. The minimum Gasteiger partial charge on any atom is -0.422 e. The van der Waals surface area contributed by atoms with E-state index >= 15 is 0 Å². The number of H-pyrrole nitrogens is 1. The summed E-state index contributed by atoms with van der Waals surface area (Å²) in [6, 6.07) is 25.2. The summed E-state index contributed by atoms with van der Waals surface area (Å²) < 4.78 is 17.0. The van der Waals surface area contributed by atoms with Crippen LogP contribution in [0.2, 0.25) is 0 Å². The highest BCUT2D eigenvalue weighted by Gasteiger charge is 2.57. The molecule has 1 fully saturated rings. The molecule has 1 aliphatic rings. The van der Waals surface area contributed by atoms with E-state index in [1.54, 1.807) is 6.20 Å². The molecule has 0 amide bonds. The van der Waals surface area contributed by atoms with Gasteiger partial charge in [-0.3, -0.25) is 0 Å². The number of esters is 1. The number of hydrogen-bond acceptors (Lipinski definition) is 7. The third-order valence-corrected chi connectivity index (χ3v) is 6.85. The first-order valence-corrected chi connectivity index (χ1v) is 12.0. The summed E-state index contributed by atoms with van der Waals surface area (Å²) >= 11 is 0. The van der Waals surface area contributed by atoms with Crippen molar-refractivity contribution in [1.29, 1.82) is 0 Å². The molecule has 4 atom stereocenters. The number of hydrogen-bond donors (Lipinski definition) is 4. The normalized spacial score (nSPS) is 23.7. The molecule has 1 saturated heterocycles. The fraction of sp³-hybridized carbons (Fsp3) is 0.207. The van der Waals surface area contributed by atoms with Gasteiger partial charge in [0.15, 0.2) is 11.9 Å². The largest absolute Gasteiger partial charge is 0.422 e. The van der Waals surface area contributed by atoms with Gasteiger partial charge in [-0.2, -0.15) is 0 Å². The van der Waals surface area contributed by atoms with Gasteiger partial charge >= 0.3 is 5.97 Å². The molecule has 0 bridgehead atoms. The second kappa shape index (κ2) is 9.26. The van der Waals surface area contributed by atoms with Crippen molar-refractivity contribution in [3.8, 4) is 5.75 Å². The number of ether oxygens (including phenoxy) is 3. The first-order chi connectivity index (χ1) is 18.0. The van der Waals surface area contributed by atoms with Crippen molar-refractivity contribution in [2.24, 2.45) is 0 Å². The zero-order valence-corrected chi connectivity index (χ0v) is 19.7. The predicted molar refractivity (Wildman–Crippen MR) is 137 cm³/mol. The smallest absolute Gasteiger partial charge is 0.343 e. The SMILES string of the molecule is O=C(Oc1c[nH]c2ccc3cc4ccccc4cc3c12)[C@@H]1O[C@@](O)(CO)[C@H](O)[C@H]1OCc1ccccc1. The quantitative estimate of drug-likeness (QED) is 0.209. The van der Waals surface area contributed by atoms with Crippen LogP contribution in [0.5, 0.6) is 5.75 Å². The average Bonchev–Trinajstić information content (AvgIpc) is 3.45. The molecule has 37 heavy (non-hydrogen) atoms. The Morgan fingerprint density at radius 1 is 0.973 bits per heavy atom. The topological polar surface area (TPSA) is 121 Å². The number of rotatable bonds is 6. The van der Waals surface area contributed by atoms with Crippen LogP contribution in [0.25, 0.3) is 32.4 Å². The number of carbonyl (C=O) groups excluding carboxylic acids is 1. The lowest BCUT2D eigenvalue weighted by atomic mass is 10.0. The number of aromatic nitrogens is 1. The third-order valence-electron chi connectivity index (χ3n) is 6.85. The summed E-state index contributed by atoms with van der Waals surface area (Å²) in [6.45, 7) is -0.865. The molecule has 8 heteroatoms. The number of aliphatic hydroxyl groups excluding tert-OH is 2. The number of benzene rings is 4. The van der Waals surface area contributed by atoms with Crippen molar-refractivity contribution in [3.05, 3.63) is 90.6 Å². The van der Waals surface area contributed by atoms with E-state index in [0.717, 1.165) is 32.6 Å². The number of carbonyl (C=O) groups is 1. The Kier molecular flexibility index (Phi) is 5.91. The number of nitrogens with one attached hydrogen (secondary N) is 1. The van der Waals surface area contributed by atoms with Crippen LogP contribution >= 0.6 is 0 Å². The van der Waals surface area contributed by atoms with Gasteiger partial charge in [0, 0.05) is 11.7 Å². The number of fused-ring (bicyclic) bond motifs is 4. The fourth-order valence-electron chi connectivity index (χ4n) is 4.90. The monoisotopic (exact) mass is 499 g/mol. The Morgan fingerprint density at radius 3 is 2.46 bits per heavy atom. The molecule has 0 unspecified atom stereocenters. The van der Waals surface area contributed by atoms with Gasteiger partial charge in [-0.1, -0.05) is 60.7 Å². The van der Waals surface area contributed by atoms with E-state index in [-0.39, 0.29) is 12.4 Å². The highest BCUT2D eigenvalue weighted by atomic mass is 16.7. The molecule has 1 aliphatic heterocycles. The first kappa shape index (κ1) is 23.6. The average molecular weight is 500 g/mol. The van der Waals surface area contributed by atoms with Gasteiger partial charge in [-0.25, -0.2) is 4.79 Å². The maximum absolute atomic E-state index is 13.3. The van der Waals surface area contributed by atoms with E-state index < -0.39 is 36.7 Å². The van der Waals surface area contributed by atoms with Crippen molar-refractivity contribution < 1.29 is 34.3 Å². The summed E-state index contributed by atoms with van der Waals surface area (Å²) in [7, 11) is 0. The van der Waals surface area contributed by atoms with Crippen LogP contribution in [0.1, 0.15) is 5.56 Å². The van der Waals surface area contributed by atoms with Crippen molar-refractivity contribution in [3.63, 3.8) is 0 Å². The molecule has 5 aromatic rings. The molecule has 0 saturated carbocycles. The van der Waals surface area contributed by atoms with E-state index in [0.29, 0.717) is 5.39 Å². The Labute approximate surface area is 211 Å². The van der Waals surface area contributed by atoms with Crippen molar-refractivity contribution in [2.45, 2.75) is 30.7 Å². The zero-order valence-electron chi connectivity index (χ0n) is 19.7. The second-order valence-electron chi connectivity index (χ2n) is 9.23. The molecule has 1 aromatic heterocycles. The van der Waals surface area contributed by atoms with E-state index in [9.17, 15) is 20.1 Å².